The van der Waals surface area contributed by atoms with Crippen molar-refractivity contribution in [2.75, 3.05) is 13.2 Å². The maximum Gasteiger partial charge on any atom is 0.338 e. The molecule has 8 heteroatoms. The number of esters is 1. The van der Waals surface area contributed by atoms with Crippen LogP contribution in [0.4, 0.5) is 0 Å². The fourth-order valence-electron chi connectivity index (χ4n) is 5.78. The van der Waals surface area contributed by atoms with Crippen molar-refractivity contribution in [2.24, 2.45) is 0 Å². The molecule has 2 saturated heterocycles. The normalized spacial score (nSPS) is 23.5. The van der Waals surface area contributed by atoms with E-state index in [1.54, 1.807) is 29.2 Å². The Balaban J connectivity index is 1.53. The number of benzene rings is 1. The largest absolute Gasteiger partial charge is 0.484 e. The first-order chi connectivity index (χ1) is 16.3. The minimum absolute atomic E-state index is 0.0445. The lowest BCUT2D eigenvalue weighted by Crippen LogP contribution is -2.63. The highest BCUT2D eigenvalue weighted by molar-refractivity contribution is 5.92. The van der Waals surface area contributed by atoms with Gasteiger partial charge < -0.3 is 19.3 Å². The number of nitrogens with zero attached hydrogens (tertiary/aromatic N) is 2. The summed E-state index contributed by atoms with van der Waals surface area (Å²) in [6, 6.07) is 6.72. The molecule has 2 fully saturated rings. The number of ketones is 1. The number of amides is 2. The molecule has 0 N–H and O–H groups in total. The van der Waals surface area contributed by atoms with Crippen LogP contribution in [0.5, 0.6) is 5.75 Å². The molecule has 0 radical (unpaired) electrons. The lowest BCUT2D eigenvalue weighted by atomic mass is 9.79. The van der Waals surface area contributed by atoms with E-state index < -0.39 is 23.7 Å². The summed E-state index contributed by atoms with van der Waals surface area (Å²) in [6.07, 6.45) is 3.68. The third kappa shape index (κ3) is 6.21. The van der Waals surface area contributed by atoms with Crippen LogP contribution in [-0.4, -0.2) is 69.7 Å². The Morgan fingerprint density at radius 2 is 1.43 bits per heavy atom. The van der Waals surface area contributed by atoms with Gasteiger partial charge in [0.05, 0.1) is 5.56 Å². The second-order valence-corrected chi connectivity index (χ2v) is 11.1. The summed E-state index contributed by atoms with van der Waals surface area (Å²) >= 11 is 0. The summed E-state index contributed by atoms with van der Waals surface area (Å²) in [7, 11) is 0. The number of carbonyl (C=O) groups is 4. The average Bonchev–Trinajstić information content (AvgIpc) is 2.74. The van der Waals surface area contributed by atoms with E-state index in [4.69, 9.17) is 9.47 Å². The zero-order chi connectivity index (χ0) is 26.0. The molecule has 1 aromatic rings. The molecule has 2 atom stereocenters. The van der Waals surface area contributed by atoms with Crippen LogP contribution in [0.15, 0.2) is 24.3 Å². The SMILES string of the molecule is CC1CCCC(C)N1C(=O)COc1ccc(C(=O)OCC(=O)N2C(C)(C)CC(=O)CC2(C)C)cc1. The highest BCUT2D eigenvalue weighted by Crippen LogP contribution is 2.36. The van der Waals surface area contributed by atoms with Gasteiger partial charge in [0.2, 0.25) is 0 Å². The van der Waals surface area contributed by atoms with Gasteiger partial charge in [0.1, 0.15) is 11.5 Å². The molecule has 0 bridgehead atoms. The lowest BCUT2D eigenvalue weighted by molar-refractivity contribution is -0.156. The van der Waals surface area contributed by atoms with Gasteiger partial charge in [-0.1, -0.05) is 0 Å². The number of ether oxygens (including phenoxy) is 2. The number of hydrogen-bond donors (Lipinski definition) is 0. The van der Waals surface area contributed by atoms with Crippen molar-refractivity contribution in [1.82, 2.24) is 9.80 Å². The summed E-state index contributed by atoms with van der Waals surface area (Å²) in [5.74, 6) is -0.409. The smallest absolute Gasteiger partial charge is 0.338 e. The Bertz CT molecular complexity index is 938. The van der Waals surface area contributed by atoms with Crippen LogP contribution in [0.2, 0.25) is 0 Å². The first-order valence-corrected chi connectivity index (χ1v) is 12.4. The predicted molar refractivity (Wildman–Crippen MR) is 131 cm³/mol. The van der Waals surface area contributed by atoms with Crippen molar-refractivity contribution in [2.45, 2.75) is 96.8 Å². The fraction of sp³-hybridized carbons (Fsp3) is 0.630. The number of hydrogen-bond acceptors (Lipinski definition) is 6. The van der Waals surface area contributed by atoms with E-state index >= 15 is 0 Å². The topological polar surface area (TPSA) is 93.2 Å². The van der Waals surface area contributed by atoms with Gasteiger partial charge in [-0.25, -0.2) is 4.79 Å². The molecular formula is C27H38N2O6. The van der Waals surface area contributed by atoms with E-state index in [9.17, 15) is 19.2 Å². The first kappa shape index (κ1) is 26.7. The van der Waals surface area contributed by atoms with E-state index in [0.29, 0.717) is 5.75 Å². The molecule has 2 aliphatic heterocycles. The maximum atomic E-state index is 12.9. The second-order valence-electron chi connectivity index (χ2n) is 11.1. The molecule has 35 heavy (non-hydrogen) atoms. The minimum Gasteiger partial charge on any atom is -0.484 e. The summed E-state index contributed by atoms with van der Waals surface area (Å²) in [5, 5.41) is 0. The van der Waals surface area contributed by atoms with Crippen molar-refractivity contribution in [3.63, 3.8) is 0 Å². The lowest BCUT2D eigenvalue weighted by Gasteiger charge is -2.51. The predicted octanol–water partition coefficient (Wildman–Crippen LogP) is 3.76. The van der Waals surface area contributed by atoms with Gasteiger partial charge in [-0.3, -0.25) is 14.4 Å². The zero-order valence-electron chi connectivity index (χ0n) is 21.8. The van der Waals surface area contributed by atoms with Crippen LogP contribution in [0.1, 0.15) is 84.0 Å². The van der Waals surface area contributed by atoms with E-state index in [2.05, 4.69) is 13.8 Å². The molecule has 192 valence electrons. The van der Waals surface area contributed by atoms with E-state index in [1.807, 2.05) is 32.6 Å². The van der Waals surface area contributed by atoms with Crippen LogP contribution in [0.25, 0.3) is 0 Å². The Morgan fingerprint density at radius 1 is 0.886 bits per heavy atom. The molecule has 0 aliphatic carbocycles. The van der Waals surface area contributed by atoms with Crippen LogP contribution < -0.4 is 4.74 Å². The van der Waals surface area contributed by atoms with Gasteiger partial charge in [-0.15, -0.1) is 0 Å². The summed E-state index contributed by atoms with van der Waals surface area (Å²) in [4.78, 5) is 53.7. The molecule has 0 aromatic heterocycles. The van der Waals surface area contributed by atoms with Gasteiger partial charge >= 0.3 is 5.97 Å². The fourth-order valence-corrected chi connectivity index (χ4v) is 5.78. The molecule has 3 rings (SSSR count). The number of carbonyl (C=O) groups excluding carboxylic acids is 4. The van der Waals surface area contributed by atoms with Crippen molar-refractivity contribution < 1.29 is 28.7 Å². The Hall–Kier alpha value is -2.90. The second kappa shape index (κ2) is 10.4. The van der Waals surface area contributed by atoms with Crippen LogP contribution in [0.3, 0.4) is 0 Å². The van der Waals surface area contributed by atoms with Gasteiger partial charge in [0.15, 0.2) is 13.2 Å². The van der Waals surface area contributed by atoms with E-state index in [0.717, 1.165) is 19.3 Å². The number of piperidine rings is 2. The van der Waals surface area contributed by atoms with E-state index in [-0.39, 0.29) is 54.7 Å². The zero-order valence-corrected chi connectivity index (χ0v) is 21.8. The molecule has 2 amide bonds. The molecule has 2 unspecified atom stereocenters. The number of likely N-dealkylation sites (tertiary alicyclic amines) is 2. The highest BCUT2D eigenvalue weighted by atomic mass is 16.5. The molecule has 0 saturated carbocycles. The van der Waals surface area contributed by atoms with Gasteiger partial charge in [0, 0.05) is 36.0 Å². The number of rotatable bonds is 6. The van der Waals surface area contributed by atoms with Gasteiger partial charge in [0.25, 0.3) is 11.8 Å². The van der Waals surface area contributed by atoms with Crippen molar-refractivity contribution in [3.05, 3.63) is 29.8 Å². The van der Waals surface area contributed by atoms with Crippen molar-refractivity contribution in [1.29, 1.82) is 0 Å². The van der Waals surface area contributed by atoms with Crippen molar-refractivity contribution >= 4 is 23.6 Å². The third-order valence-corrected chi connectivity index (χ3v) is 6.98. The molecule has 1 aromatic carbocycles. The summed E-state index contributed by atoms with van der Waals surface area (Å²) in [5.41, 5.74) is -1.02. The van der Waals surface area contributed by atoms with Crippen LogP contribution in [-0.2, 0) is 19.1 Å². The Morgan fingerprint density at radius 3 is 1.97 bits per heavy atom. The van der Waals surface area contributed by atoms with Gasteiger partial charge in [-0.05, 0) is 85.1 Å². The Labute approximate surface area is 207 Å². The van der Waals surface area contributed by atoms with Gasteiger partial charge in [-0.2, -0.15) is 0 Å². The number of Topliss-reactive ketones (excluding diaryl/α,β-unsaturated/α-hetero) is 1. The molecule has 2 heterocycles. The van der Waals surface area contributed by atoms with Crippen LogP contribution in [0, 0.1) is 0 Å². The molecule has 8 nitrogen and oxygen atoms in total. The van der Waals surface area contributed by atoms with E-state index in [1.165, 1.54) is 0 Å². The maximum absolute atomic E-state index is 12.9. The summed E-state index contributed by atoms with van der Waals surface area (Å²) in [6.45, 7) is 11.1. The van der Waals surface area contributed by atoms with Crippen LogP contribution >= 0.6 is 0 Å². The molecular weight excluding hydrogens is 448 g/mol. The monoisotopic (exact) mass is 486 g/mol. The average molecular weight is 487 g/mol. The molecule has 2 aliphatic rings. The first-order valence-electron chi connectivity index (χ1n) is 12.4. The quantitative estimate of drug-likeness (QED) is 0.569. The standard InChI is InChI=1S/C27H38N2O6/c1-18-8-7-9-19(2)28(18)23(31)16-34-22-12-10-20(11-13-22)25(33)35-17-24(32)29-26(3,4)14-21(30)15-27(29,5)6/h10-13,18-19H,7-9,14-17H2,1-6H3. The third-order valence-electron chi connectivity index (χ3n) is 6.98. The Kier molecular flexibility index (Phi) is 7.92. The molecule has 0 spiro atoms. The summed E-state index contributed by atoms with van der Waals surface area (Å²) < 4.78 is 10.9. The van der Waals surface area contributed by atoms with Crippen molar-refractivity contribution in [3.8, 4) is 5.75 Å². The highest BCUT2D eigenvalue weighted by Gasteiger charge is 2.47. The minimum atomic E-state index is -0.650.